The van der Waals surface area contributed by atoms with Crippen molar-refractivity contribution in [2.45, 2.75) is 44.4 Å². The second-order valence-electron chi connectivity index (χ2n) is 10.9. The Balaban J connectivity index is 1.27. The molecule has 8 nitrogen and oxygen atoms in total. The van der Waals surface area contributed by atoms with Gasteiger partial charge in [0, 0.05) is 50.4 Å². The van der Waals surface area contributed by atoms with Gasteiger partial charge in [-0.3, -0.25) is 9.69 Å². The summed E-state index contributed by atoms with van der Waals surface area (Å²) in [6.45, 7) is 4.49. The van der Waals surface area contributed by atoms with Gasteiger partial charge in [-0.25, -0.2) is 9.97 Å². The number of hydrogen-bond acceptors (Lipinski definition) is 7. The summed E-state index contributed by atoms with van der Waals surface area (Å²) in [6.07, 6.45) is 3.22. The van der Waals surface area contributed by atoms with Gasteiger partial charge >= 0.3 is 0 Å². The molecule has 206 valence electrons. The number of anilines is 1. The molecule has 2 N–H and O–H groups in total. The second kappa shape index (κ2) is 12.7. The number of nitrogens with zero attached hydrogens (tertiary/aromatic N) is 5. The summed E-state index contributed by atoms with van der Waals surface area (Å²) in [5.41, 5.74) is 3.96. The summed E-state index contributed by atoms with van der Waals surface area (Å²) < 4.78 is 0. The number of benzene rings is 2. The number of carbonyl (C=O) groups is 1. The molecule has 0 unspecified atom stereocenters. The Bertz CT molecular complexity index is 1250. The number of carbonyl (C=O) groups excluding carboxylic acids is 1. The lowest BCUT2D eigenvalue weighted by Crippen LogP contribution is -2.56. The molecule has 1 amide bonds. The van der Waals surface area contributed by atoms with Gasteiger partial charge in [-0.05, 0) is 57.5 Å². The molecule has 0 bridgehead atoms. The van der Waals surface area contributed by atoms with Crippen molar-refractivity contribution in [1.82, 2.24) is 24.7 Å². The highest BCUT2D eigenvalue weighted by Gasteiger charge is 2.35. The zero-order chi connectivity index (χ0) is 27.2. The third kappa shape index (κ3) is 6.82. The van der Waals surface area contributed by atoms with E-state index < -0.39 is 6.10 Å². The molecule has 0 radical (unpaired) electrons. The van der Waals surface area contributed by atoms with Crippen LogP contribution in [0.25, 0.3) is 11.4 Å². The van der Waals surface area contributed by atoms with Crippen molar-refractivity contribution in [2.75, 3.05) is 52.1 Å². The van der Waals surface area contributed by atoms with Crippen LogP contribution in [0.1, 0.15) is 40.9 Å². The number of hydrogen-bond donors (Lipinski definition) is 2. The average molecular weight is 529 g/mol. The van der Waals surface area contributed by atoms with E-state index in [2.05, 4.69) is 58.5 Å². The highest BCUT2D eigenvalue weighted by atomic mass is 16.3. The van der Waals surface area contributed by atoms with Crippen LogP contribution in [0.5, 0.6) is 0 Å². The molecule has 2 aromatic carbocycles. The number of piperidine rings is 1. The minimum atomic E-state index is -0.599. The number of aliphatic hydroxyl groups is 1. The van der Waals surface area contributed by atoms with Gasteiger partial charge in [-0.15, -0.1) is 0 Å². The van der Waals surface area contributed by atoms with Crippen LogP contribution in [-0.2, 0) is 13.0 Å². The maximum absolute atomic E-state index is 13.7. The number of aliphatic hydroxyl groups excluding tert-OH is 1. The van der Waals surface area contributed by atoms with Gasteiger partial charge in [0.1, 0.15) is 11.5 Å². The zero-order valence-corrected chi connectivity index (χ0v) is 23.1. The first kappa shape index (κ1) is 27.2. The first-order chi connectivity index (χ1) is 19.0. The number of fused-ring (bicyclic) bond motifs is 1. The lowest BCUT2D eigenvalue weighted by atomic mass is 9.94. The van der Waals surface area contributed by atoms with Gasteiger partial charge in [-0.1, -0.05) is 54.6 Å². The minimum Gasteiger partial charge on any atom is -0.390 e. The molecule has 39 heavy (non-hydrogen) atoms. The smallest absolute Gasteiger partial charge is 0.272 e. The number of rotatable bonds is 9. The maximum Gasteiger partial charge on any atom is 0.272 e. The van der Waals surface area contributed by atoms with E-state index in [0.717, 1.165) is 57.4 Å². The Morgan fingerprint density at radius 1 is 1.03 bits per heavy atom. The predicted octanol–water partition coefficient (Wildman–Crippen LogP) is 3.53. The lowest BCUT2D eigenvalue weighted by molar-refractivity contribution is -0.0139. The first-order valence-electron chi connectivity index (χ1n) is 14.1. The van der Waals surface area contributed by atoms with E-state index in [-0.39, 0.29) is 11.9 Å². The van der Waals surface area contributed by atoms with Crippen LogP contribution in [0.3, 0.4) is 0 Å². The summed E-state index contributed by atoms with van der Waals surface area (Å²) in [7, 11) is 4.15. The van der Waals surface area contributed by atoms with Crippen LogP contribution < -0.4 is 5.32 Å². The second-order valence-corrected chi connectivity index (χ2v) is 10.9. The molecule has 0 aliphatic carbocycles. The van der Waals surface area contributed by atoms with Crippen molar-refractivity contribution in [3.8, 4) is 11.4 Å². The molecule has 3 aromatic rings. The van der Waals surface area contributed by atoms with Crippen LogP contribution in [0.2, 0.25) is 0 Å². The van der Waals surface area contributed by atoms with Crippen molar-refractivity contribution in [3.63, 3.8) is 0 Å². The first-order valence-corrected chi connectivity index (χ1v) is 14.1. The molecule has 3 heterocycles. The number of nitrogens with one attached hydrogen (secondary N) is 1. The summed E-state index contributed by atoms with van der Waals surface area (Å²) in [5.74, 6) is 1.02. The molecule has 0 saturated carbocycles. The summed E-state index contributed by atoms with van der Waals surface area (Å²) >= 11 is 0. The van der Waals surface area contributed by atoms with E-state index in [4.69, 9.17) is 4.98 Å². The molecule has 1 aromatic heterocycles. The zero-order valence-electron chi connectivity index (χ0n) is 23.1. The molecule has 1 fully saturated rings. The number of unbranched alkanes of at least 4 members (excludes halogenated alkanes) is 1. The SMILES string of the molecule is CN(C)CCCCNc1cc(C(=O)N2CC[C@H](N3CCc4ccccc4C3)[C@@H](O)C2)nc(-c2ccccc2)n1. The average Bonchev–Trinajstić information content (AvgIpc) is 2.96. The normalized spacial score (nSPS) is 19.6. The Kier molecular flexibility index (Phi) is 8.86. The molecule has 2 aliphatic heterocycles. The fourth-order valence-corrected chi connectivity index (χ4v) is 5.63. The molecular weight excluding hydrogens is 488 g/mol. The van der Waals surface area contributed by atoms with E-state index >= 15 is 0 Å². The Labute approximate surface area is 231 Å². The van der Waals surface area contributed by atoms with Gasteiger partial charge < -0.3 is 20.2 Å². The van der Waals surface area contributed by atoms with E-state index in [1.807, 2.05) is 30.3 Å². The number of β-amino-alcohol motifs (C(OH)–C–C–N with tert-alkyl or cyclic N) is 1. The van der Waals surface area contributed by atoms with Crippen molar-refractivity contribution in [3.05, 3.63) is 77.5 Å². The number of likely N-dealkylation sites (tertiary alicyclic amines) is 1. The molecule has 8 heteroatoms. The lowest BCUT2D eigenvalue weighted by Gasteiger charge is -2.43. The van der Waals surface area contributed by atoms with Crippen LogP contribution in [0.15, 0.2) is 60.7 Å². The van der Waals surface area contributed by atoms with Gasteiger partial charge in [0.15, 0.2) is 5.82 Å². The fourth-order valence-electron chi connectivity index (χ4n) is 5.63. The maximum atomic E-state index is 13.7. The van der Waals surface area contributed by atoms with Crippen LogP contribution >= 0.6 is 0 Å². The van der Waals surface area contributed by atoms with Gasteiger partial charge in [0.05, 0.1) is 6.10 Å². The molecule has 1 saturated heterocycles. The summed E-state index contributed by atoms with van der Waals surface area (Å²) in [4.78, 5) is 29.3. The summed E-state index contributed by atoms with van der Waals surface area (Å²) in [6, 6.07) is 20.1. The van der Waals surface area contributed by atoms with Crippen molar-refractivity contribution in [2.24, 2.45) is 0 Å². The molecular formula is C31H40N6O2. The van der Waals surface area contributed by atoms with Crippen LogP contribution in [0.4, 0.5) is 5.82 Å². The minimum absolute atomic E-state index is 0.0482. The number of amides is 1. The van der Waals surface area contributed by atoms with E-state index in [0.29, 0.717) is 30.4 Å². The predicted molar refractivity (Wildman–Crippen MR) is 155 cm³/mol. The Morgan fingerprint density at radius 3 is 2.56 bits per heavy atom. The van der Waals surface area contributed by atoms with E-state index in [1.54, 1.807) is 11.0 Å². The third-order valence-electron chi connectivity index (χ3n) is 7.78. The summed E-state index contributed by atoms with van der Waals surface area (Å²) in [5, 5.41) is 14.5. The fraction of sp³-hybridized carbons (Fsp3) is 0.452. The molecule has 2 aliphatic rings. The van der Waals surface area contributed by atoms with Crippen molar-refractivity contribution in [1.29, 1.82) is 0 Å². The van der Waals surface area contributed by atoms with E-state index in [9.17, 15) is 9.90 Å². The van der Waals surface area contributed by atoms with E-state index in [1.165, 1.54) is 11.1 Å². The van der Waals surface area contributed by atoms with Crippen LogP contribution in [-0.4, -0.2) is 94.6 Å². The largest absolute Gasteiger partial charge is 0.390 e. The van der Waals surface area contributed by atoms with Gasteiger partial charge in [0.2, 0.25) is 0 Å². The van der Waals surface area contributed by atoms with Gasteiger partial charge in [0.25, 0.3) is 5.91 Å². The van der Waals surface area contributed by atoms with Crippen molar-refractivity contribution < 1.29 is 9.90 Å². The quantitative estimate of drug-likeness (QED) is 0.411. The topological polar surface area (TPSA) is 84.8 Å². The highest BCUT2D eigenvalue weighted by molar-refractivity contribution is 5.93. The number of aromatic nitrogens is 2. The van der Waals surface area contributed by atoms with Gasteiger partial charge in [-0.2, -0.15) is 0 Å². The van der Waals surface area contributed by atoms with Crippen molar-refractivity contribution >= 4 is 11.7 Å². The third-order valence-corrected chi connectivity index (χ3v) is 7.78. The Morgan fingerprint density at radius 2 is 1.79 bits per heavy atom. The molecule has 0 spiro atoms. The molecule has 2 atom stereocenters. The highest BCUT2D eigenvalue weighted by Crippen LogP contribution is 2.26. The Hall–Kier alpha value is -3.33. The monoisotopic (exact) mass is 528 g/mol. The van der Waals surface area contributed by atoms with Crippen LogP contribution in [0, 0.1) is 0 Å². The molecule has 5 rings (SSSR count). The standard InChI is InChI=1S/C31H40N6O2/c1-35(2)17-9-8-16-32-29-20-26(33-30(34-29)24-11-4-3-5-12-24)31(39)37-19-15-27(28(38)22-37)36-18-14-23-10-6-7-13-25(23)21-36/h3-7,10-13,20,27-28,38H,8-9,14-19,21-22H2,1-2H3,(H,32,33,34)/t27-,28-/m0/s1.